The number of aromatic amines is 1. The van der Waals surface area contributed by atoms with Crippen molar-refractivity contribution < 1.29 is 62.1 Å². The van der Waals surface area contributed by atoms with Crippen LogP contribution < -0.4 is 21.3 Å². The van der Waals surface area contributed by atoms with Crippen LogP contribution in [0.25, 0.3) is 11.3 Å². The number of methoxy groups -OCH3 is 1. The van der Waals surface area contributed by atoms with Crippen LogP contribution in [0.15, 0.2) is 61.8 Å². The number of phosphoric ester groups is 1. The number of hydrogen-bond donors (Lipinski definition) is 6. The molecule has 7 atom stereocenters. The molecule has 58 heavy (non-hydrogen) atoms. The predicted octanol–water partition coefficient (Wildman–Crippen LogP) is 4.57. The van der Waals surface area contributed by atoms with E-state index in [1.165, 1.54) is 31.4 Å². The highest BCUT2D eigenvalue weighted by molar-refractivity contribution is 7.47. The van der Waals surface area contributed by atoms with Gasteiger partial charge in [-0.15, -0.1) is 0 Å². The van der Waals surface area contributed by atoms with Crippen molar-refractivity contribution >= 4 is 66.3 Å². The van der Waals surface area contributed by atoms with Crippen LogP contribution in [0.3, 0.4) is 0 Å². The zero-order valence-electron chi connectivity index (χ0n) is 29.8. The molecular weight excluding hydrogens is 877 g/mol. The lowest BCUT2D eigenvalue weighted by Crippen LogP contribution is -2.36. The number of aliphatic hydroxyl groups excluding tert-OH is 2. The first-order chi connectivity index (χ1) is 27.5. The maximum atomic E-state index is 13.1. The molecule has 4 heterocycles. The molecule has 2 saturated heterocycles. The molecule has 6 rings (SSSR count). The number of carbonyl (C=O) groups is 1. The largest absolute Gasteiger partial charge is 0.503 e. The van der Waals surface area contributed by atoms with E-state index in [-0.39, 0.29) is 57.8 Å². The highest BCUT2D eigenvalue weighted by atomic mass is 35.5. The number of aromatic nitrogens is 2. The number of phenolic OH excluding ortho intramolecular Hbond substituents is 1. The molecule has 0 spiro atoms. The monoisotopic (exact) mass is 908 g/mol. The molecule has 6 N–H and O–H groups in total. The minimum Gasteiger partial charge on any atom is -0.503 e. The predicted molar refractivity (Wildman–Crippen MR) is 205 cm³/mol. The Morgan fingerprint density at radius 1 is 1.07 bits per heavy atom. The SMILES string of the molecule is COc1cc(Cl)c(/C=N/OC2CC(n3cc(CNC(=O)c4ccc(-c5ccc(Cl)cc5Cl)o4)c(=O)[nH]c3=O)OC2COP(=O)(O)OC[C@@H]2CC(O)OC2O)c(Cl)c1O. The number of nitrogens with one attached hydrogen (secondary N) is 2. The summed E-state index contributed by atoms with van der Waals surface area (Å²) in [6, 6.07) is 8.97. The van der Waals surface area contributed by atoms with Crippen LogP contribution >= 0.6 is 54.2 Å². The van der Waals surface area contributed by atoms with Gasteiger partial charge >= 0.3 is 13.5 Å². The molecule has 2 aliphatic rings. The number of carbonyl (C=O) groups excluding carboxylic acids is 1. The van der Waals surface area contributed by atoms with E-state index in [2.05, 4.69) is 15.5 Å². The Labute approximate surface area is 347 Å². The van der Waals surface area contributed by atoms with Crippen LogP contribution in [0, 0.1) is 5.92 Å². The average molecular weight is 910 g/mol. The van der Waals surface area contributed by atoms with Gasteiger partial charge in [0, 0.05) is 47.2 Å². The van der Waals surface area contributed by atoms with E-state index in [0.717, 1.165) is 17.0 Å². The molecule has 0 saturated carbocycles. The van der Waals surface area contributed by atoms with Gasteiger partial charge in [0.15, 0.2) is 35.9 Å². The van der Waals surface area contributed by atoms with Crippen molar-refractivity contribution in [2.24, 2.45) is 11.1 Å². The third-order valence-corrected chi connectivity index (χ3v) is 11.0. The van der Waals surface area contributed by atoms with Crippen LogP contribution in [0.5, 0.6) is 11.5 Å². The minimum atomic E-state index is -4.82. The summed E-state index contributed by atoms with van der Waals surface area (Å²) in [6.07, 6.45) is -4.26. The normalized spacial score (nSPS) is 23.0. The van der Waals surface area contributed by atoms with E-state index in [0.29, 0.717) is 15.6 Å². The Balaban J connectivity index is 1.17. The van der Waals surface area contributed by atoms with Gasteiger partial charge < -0.3 is 49.0 Å². The number of amides is 1. The minimum absolute atomic E-state index is 0.000913. The molecule has 6 unspecified atom stereocenters. The number of hydrogen-bond acceptors (Lipinski definition) is 15. The maximum Gasteiger partial charge on any atom is 0.472 e. The first kappa shape index (κ1) is 43.6. The fourth-order valence-electron chi connectivity index (χ4n) is 5.84. The van der Waals surface area contributed by atoms with E-state index in [1.54, 1.807) is 12.1 Å². The van der Waals surface area contributed by atoms with Gasteiger partial charge in [0.2, 0.25) is 0 Å². The number of aliphatic hydroxyl groups is 2. The second-order valence-corrected chi connectivity index (χ2v) is 15.8. The number of furan rings is 1. The van der Waals surface area contributed by atoms with Gasteiger partial charge in [0.1, 0.15) is 18.1 Å². The van der Waals surface area contributed by atoms with Crippen molar-refractivity contribution in [1.29, 1.82) is 0 Å². The molecule has 4 aromatic rings. The molecule has 312 valence electrons. The quantitative estimate of drug-likeness (QED) is 0.0542. The lowest BCUT2D eigenvalue weighted by Gasteiger charge is -2.20. The summed E-state index contributed by atoms with van der Waals surface area (Å²) < 4.78 is 45.4. The van der Waals surface area contributed by atoms with Crippen LogP contribution in [0.2, 0.25) is 20.1 Å². The van der Waals surface area contributed by atoms with Gasteiger partial charge in [-0.1, -0.05) is 51.6 Å². The van der Waals surface area contributed by atoms with Crippen molar-refractivity contribution in [3.8, 4) is 22.8 Å². The van der Waals surface area contributed by atoms with Crippen molar-refractivity contribution in [3.63, 3.8) is 0 Å². The number of benzene rings is 2. The van der Waals surface area contributed by atoms with E-state index in [4.69, 9.17) is 78.9 Å². The average Bonchev–Trinajstić information content (AvgIpc) is 3.90. The van der Waals surface area contributed by atoms with Crippen molar-refractivity contribution in [1.82, 2.24) is 14.9 Å². The van der Waals surface area contributed by atoms with Crippen molar-refractivity contribution in [2.45, 2.75) is 50.4 Å². The van der Waals surface area contributed by atoms with E-state index in [1.807, 2.05) is 0 Å². The Bertz CT molecular complexity index is 2360. The summed E-state index contributed by atoms with van der Waals surface area (Å²) >= 11 is 24.7. The Kier molecular flexibility index (Phi) is 13.9. The third-order valence-electron chi connectivity index (χ3n) is 8.85. The van der Waals surface area contributed by atoms with Crippen molar-refractivity contribution in [2.75, 3.05) is 20.3 Å². The summed E-state index contributed by atoms with van der Waals surface area (Å²) in [5, 5.41) is 36.7. The third kappa shape index (κ3) is 10.2. The number of phenols is 1. The van der Waals surface area contributed by atoms with E-state index < -0.39 is 80.9 Å². The molecule has 19 nitrogen and oxygen atoms in total. The topological polar surface area (TPSA) is 263 Å². The first-order valence-electron chi connectivity index (χ1n) is 16.9. The van der Waals surface area contributed by atoms with Gasteiger partial charge in [-0.3, -0.25) is 28.2 Å². The lowest BCUT2D eigenvalue weighted by molar-refractivity contribution is -0.170. The van der Waals surface area contributed by atoms with Gasteiger partial charge in [-0.2, -0.15) is 0 Å². The molecule has 2 aromatic carbocycles. The second-order valence-electron chi connectivity index (χ2n) is 12.7. The number of ether oxygens (including phenoxy) is 3. The van der Waals surface area contributed by atoms with Crippen LogP contribution in [0.4, 0.5) is 0 Å². The van der Waals surface area contributed by atoms with Gasteiger partial charge in [0.25, 0.3) is 11.5 Å². The zero-order chi connectivity index (χ0) is 41.9. The number of oxime groups is 1. The Morgan fingerprint density at radius 3 is 2.53 bits per heavy atom. The molecule has 0 aliphatic carbocycles. The number of nitrogens with zero attached hydrogens (tertiary/aromatic N) is 2. The first-order valence-corrected chi connectivity index (χ1v) is 19.9. The number of aromatic hydroxyl groups is 1. The van der Waals surface area contributed by atoms with Gasteiger partial charge in [0.05, 0.1) is 53.7 Å². The summed E-state index contributed by atoms with van der Waals surface area (Å²) in [5.74, 6) is -1.76. The number of rotatable bonds is 15. The smallest absolute Gasteiger partial charge is 0.472 e. The Hall–Kier alpha value is -3.95. The molecule has 2 aliphatic heterocycles. The fourth-order valence-corrected chi connectivity index (χ4v) is 7.67. The molecule has 0 bridgehead atoms. The van der Waals surface area contributed by atoms with Crippen LogP contribution in [0.1, 0.15) is 40.8 Å². The molecular formula is C34H33Cl4N4O15P. The highest BCUT2D eigenvalue weighted by Crippen LogP contribution is 2.46. The van der Waals surface area contributed by atoms with Gasteiger partial charge in [-0.05, 0) is 30.3 Å². The summed E-state index contributed by atoms with van der Waals surface area (Å²) in [4.78, 5) is 57.1. The van der Waals surface area contributed by atoms with Crippen LogP contribution in [-0.4, -0.2) is 87.0 Å². The fraction of sp³-hybridized carbons (Fsp3) is 0.353. The summed E-state index contributed by atoms with van der Waals surface area (Å²) in [7, 11) is -3.52. The molecule has 24 heteroatoms. The summed E-state index contributed by atoms with van der Waals surface area (Å²) in [5.41, 5.74) is -1.26. The second kappa shape index (κ2) is 18.5. The van der Waals surface area contributed by atoms with Crippen molar-refractivity contribution in [3.05, 3.63) is 100 Å². The Morgan fingerprint density at radius 2 is 1.83 bits per heavy atom. The molecule has 0 radical (unpaired) electrons. The molecule has 1 amide bonds. The van der Waals surface area contributed by atoms with Crippen LogP contribution in [-0.2, 0) is 34.5 Å². The number of halogens is 4. The maximum absolute atomic E-state index is 13.1. The number of H-pyrrole nitrogens is 1. The zero-order valence-corrected chi connectivity index (χ0v) is 33.7. The van der Waals surface area contributed by atoms with E-state index >= 15 is 0 Å². The number of phosphoric acid groups is 1. The summed E-state index contributed by atoms with van der Waals surface area (Å²) in [6.45, 7) is -1.55. The van der Waals surface area contributed by atoms with E-state index in [9.17, 15) is 39.2 Å². The van der Waals surface area contributed by atoms with Gasteiger partial charge in [-0.25, -0.2) is 9.36 Å². The highest BCUT2D eigenvalue weighted by Gasteiger charge is 2.41. The molecule has 2 aromatic heterocycles. The molecule has 2 fully saturated rings. The standard InChI is InChI=1S/C34H33Cl4N4O15P/c1-51-25-8-21(37)19(29(38)30(25)44)11-40-57-24-9-27(55-26(24)14-53-58(49,50)52-13-15-6-28(43)56-33(15)47)42-12-16(31(45)41-34(42)48)10-39-32(46)23-5-4-22(54-23)18-3-2-17(35)7-20(18)36/h2-5,7-8,11-12,15,24,26-28,33,43-44,47H,6,9-10,13-14H2,1H3,(H,39,46)(H,49,50)(H,41,45,48)/b40-11+/t15-,24?,26?,27?,28?,33?/m0/s1. The lowest BCUT2D eigenvalue weighted by atomic mass is 10.1.